The molecule has 0 spiro atoms. The lowest BCUT2D eigenvalue weighted by molar-refractivity contribution is -0.170. The zero-order valence-corrected chi connectivity index (χ0v) is 38.7. The molecule has 1 fully saturated rings. The lowest BCUT2D eigenvalue weighted by Crippen LogP contribution is -2.48. The molecule has 1 saturated carbocycles. The Balaban J connectivity index is 1.64. The Kier molecular flexibility index (Phi) is 17.5. The van der Waals surface area contributed by atoms with Crippen molar-refractivity contribution in [3.63, 3.8) is 0 Å². The molecular weight excluding hydrogens is 857 g/mol. The van der Waals surface area contributed by atoms with Crippen LogP contribution in [0.3, 0.4) is 0 Å². The summed E-state index contributed by atoms with van der Waals surface area (Å²) in [4.78, 5) is 96.0. The van der Waals surface area contributed by atoms with E-state index >= 15 is 0 Å². The molecule has 3 aromatic rings. The summed E-state index contributed by atoms with van der Waals surface area (Å²) in [7, 11) is 1.40. The number of carbonyl (C=O) groups is 7. The molecule has 0 saturated heterocycles. The lowest BCUT2D eigenvalue weighted by atomic mass is 9.94. The van der Waals surface area contributed by atoms with E-state index in [1.807, 2.05) is 0 Å². The maximum Gasteiger partial charge on any atom is 0.415 e. The van der Waals surface area contributed by atoms with E-state index in [-0.39, 0.29) is 45.2 Å². The van der Waals surface area contributed by atoms with Crippen molar-refractivity contribution in [1.82, 2.24) is 20.9 Å². The van der Waals surface area contributed by atoms with E-state index in [9.17, 15) is 33.6 Å². The third-order valence-corrected chi connectivity index (χ3v) is 9.53. The number of hydrogen-bond donors (Lipinski definition) is 5. The first-order chi connectivity index (χ1) is 31.0. The summed E-state index contributed by atoms with van der Waals surface area (Å²) >= 11 is 0. The Morgan fingerprint density at radius 1 is 0.818 bits per heavy atom. The molecule has 1 heterocycles. The molecule has 1 aromatic heterocycles. The second-order valence-corrected chi connectivity index (χ2v) is 17.0. The third kappa shape index (κ3) is 14.9. The summed E-state index contributed by atoms with van der Waals surface area (Å²) < 4.78 is 32.0. The zero-order valence-electron chi connectivity index (χ0n) is 38.7. The minimum atomic E-state index is -1.53. The van der Waals surface area contributed by atoms with Gasteiger partial charge in [-0.05, 0) is 94.0 Å². The van der Waals surface area contributed by atoms with Crippen molar-refractivity contribution in [3.8, 4) is 16.9 Å². The van der Waals surface area contributed by atoms with Crippen molar-refractivity contribution in [2.24, 2.45) is 17.8 Å². The number of nitrogens with zero attached hydrogens (tertiary/aromatic N) is 1. The average Bonchev–Trinajstić information content (AvgIpc) is 4.08. The topological polar surface area (TPSA) is 260 Å². The second-order valence-electron chi connectivity index (χ2n) is 17.0. The summed E-state index contributed by atoms with van der Waals surface area (Å²) in [6, 6.07) is 10.5. The molecule has 5 N–H and O–H groups in total. The number of hydrogen-bond acceptors (Lipinski definition) is 15. The van der Waals surface area contributed by atoms with Gasteiger partial charge in [0.2, 0.25) is 12.6 Å². The smallest absolute Gasteiger partial charge is 0.415 e. The molecule has 354 valence electrons. The number of amides is 4. The minimum Gasteiger partial charge on any atom is -0.496 e. The van der Waals surface area contributed by atoms with Gasteiger partial charge in [-0.15, -0.1) is 0 Å². The minimum absolute atomic E-state index is 0.00784. The van der Waals surface area contributed by atoms with Gasteiger partial charge in [0.05, 0.1) is 13.0 Å². The number of ether oxygens (including phenoxy) is 6. The largest absolute Gasteiger partial charge is 0.496 e. The maximum atomic E-state index is 14.2. The number of methoxy groups -OCH3 is 1. The molecule has 4 rings (SSSR count). The SMILES string of the molecule is C=Cc1cc(C(=O)Nc2ccc(C(=N)NC(=O)OC(C)OC(=O)C(C)C)cc2)c(-c2ccc(C(=O)NCC3CC3)nc2C(=O)OC(C)OC(=O)[C@@H](NC(=O)OC(C)(C)C)C(C)C)cc1OC. The zero-order chi connectivity index (χ0) is 49.0. The Labute approximate surface area is 383 Å². The summed E-state index contributed by atoms with van der Waals surface area (Å²) in [5, 5.41) is 18.7. The van der Waals surface area contributed by atoms with Gasteiger partial charge in [0.15, 0.2) is 5.69 Å². The van der Waals surface area contributed by atoms with Crippen molar-refractivity contribution in [3.05, 3.63) is 83.2 Å². The van der Waals surface area contributed by atoms with Crippen LogP contribution in [0.25, 0.3) is 17.2 Å². The molecule has 0 radical (unpaired) electrons. The third-order valence-electron chi connectivity index (χ3n) is 9.53. The molecular formula is C47H58N6O13. The molecule has 19 heteroatoms. The van der Waals surface area contributed by atoms with Crippen molar-refractivity contribution in [2.75, 3.05) is 19.0 Å². The molecule has 19 nitrogen and oxygen atoms in total. The van der Waals surface area contributed by atoms with Crippen LogP contribution in [0.1, 0.15) is 118 Å². The van der Waals surface area contributed by atoms with E-state index in [4.69, 9.17) is 33.8 Å². The van der Waals surface area contributed by atoms with Gasteiger partial charge in [0, 0.05) is 53.9 Å². The summed E-state index contributed by atoms with van der Waals surface area (Å²) in [5.41, 5.74) is -0.283. The highest BCUT2D eigenvalue weighted by molar-refractivity contribution is 6.11. The Morgan fingerprint density at radius 2 is 1.45 bits per heavy atom. The van der Waals surface area contributed by atoms with Crippen molar-refractivity contribution in [2.45, 2.75) is 99.4 Å². The highest BCUT2D eigenvalue weighted by Gasteiger charge is 2.32. The number of carbonyl (C=O) groups excluding carboxylic acids is 7. The Hall–Kier alpha value is -7.31. The molecule has 66 heavy (non-hydrogen) atoms. The number of rotatable bonds is 18. The van der Waals surface area contributed by atoms with E-state index < -0.39 is 83.7 Å². The lowest BCUT2D eigenvalue weighted by Gasteiger charge is -2.25. The number of nitrogens with one attached hydrogen (secondary N) is 5. The molecule has 4 amide bonds. The van der Waals surface area contributed by atoms with E-state index in [2.05, 4.69) is 32.8 Å². The summed E-state index contributed by atoms with van der Waals surface area (Å²) in [6.07, 6.45) is -1.20. The predicted molar refractivity (Wildman–Crippen MR) is 242 cm³/mol. The van der Waals surface area contributed by atoms with Crippen LogP contribution in [0.15, 0.2) is 55.1 Å². The van der Waals surface area contributed by atoms with Gasteiger partial charge in [0.1, 0.15) is 28.9 Å². The normalized spacial score (nSPS) is 13.5. The highest BCUT2D eigenvalue weighted by atomic mass is 16.7. The maximum absolute atomic E-state index is 14.2. The quantitative estimate of drug-likeness (QED) is 0.0284. The molecule has 2 unspecified atom stereocenters. The van der Waals surface area contributed by atoms with E-state index in [0.29, 0.717) is 18.0 Å². The predicted octanol–water partition coefficient (Wildman–Crippen LogP) is 6.98. The molecule has 1 aliphatic carbocycles. The molecule has 0 bridgehead atoms. The van der Waals surface area contributed by atoms with E-state index in [1.54, 1.807) is 48.5 Å². The summed E-state index contributed by atoms with van der Waals surface area (Å²) in [5.74, 6) is -4.46. The van der Waals surface area contributed by atoms with Gasteiger partial charge >= 0.3 is 30.1 Å². The number of esters is 3. The second kappa shape index (κ2) is 22.5. The Morgan fingerprint density at radius 3 is 2.03 bits per heavy atom. The summed E-state index contributed by atoms with van der Waals surface area (Å²) in [6.45, 7) is 18.5. The number of aromatic nitrogens is 1. The molecule has 2 aromatic carbocycles. The van der Waals surface area contributed by atoms with Gasteiger partial charge in [-0.3, -0.25) is 25.1 Å². The first-order valence-electron chi connectivity index (χ1n) is 21.2. The first kappa shape index (κ1) is 51.3. The number of amidine groups is 1. The number of alkyl carbamates (subject to hydrolysis) is 2. The van der Waals surface area contributed by atoms with Crippen LogP contribution in [-0.2, 0) is 33.3 Å². The van der Waals surface area contributed by atoms with Crippen LogP contribution in [0.4, 0.5) is 15.3 Å². The standard InChI is InChI=1S/C47H58N6O13/c1-12-29-21-34(40(54)50-31-17-15-30(16-18-31)39(48)53-45(59)65-27(7)62-42(56)25(4)5)33(22-36(29)61-11)32-19-20-35(41(55)49-23-28-13-14-28)51-38(32)44(58)64-26(6)63-43(57)37(24(2)3)52-46(60)66-47(8,9)10/h12,15-22,24-28,37H,1,13-14,23H2,2-11H3,(H,49,55)(H,50,54)(H,52,60)(H2,48,53,59)/t26?,27?,37-/m0/s1. The molecule has 3 atom stereocenters. The molecule has 1 aliphatic rings. The van der Waals surface area contributed by atoms with Gasteiger partial charge in [0.25, 0.3) is 11.8 Å². The number of benzene rings is 2. The van der Waals surface area contributed by atoms with Crippen LogP contribution in [0.5, 0.6) is 5.75 Å². The van der Waals surface area contributed by atoms with Crippen LogP contribution < -0.4 is 26.0 Å². The van der Waals surface area contributed by atoms with Gasteiger partial charge in [-0.1, -0.05) is 40.3 Å². The van der Waals surface area contributed by atoms with Crippen LogP contribution in [0, 0.1) is 23.2 Å². The van der Waals surface area contributed by atoms with Gasteiger partial charge in [-0.2, -0.15) is 0 Å². The van der Waals surface area contributed by atoms with Crippen molar-refractivity contribution >= 4 is 59.5 Å². The monoisotopic (exact) mass is 914 g/mol. The number of pyridine rings is 1. The van der Waals surface area contributed by atoms with Gasteiger partial charge < -0.3 is 44.4 Å². The fraction of sp³-hybridized carbons (Fsp3) is 0.426. The average molecular weight is 915 g/mol. The fourth-order valence-corrected chi connectivity index (χ4v) is 5.95. The van der Waals surface area contributed by atoms with Crippen molar-refractivity contribution < 1.29 is 62.0 Å². The van der Waals surface area contributed by atoms with Crippen LogP contribution >= 0.6 is 0 Å². The van der Waals surface area contributed by atoms with Gasteiger partial charge in [-0.25, -0.2) is 24.2 Å². The molecule has 0 aliphatic heterocycles. The Bertz CT molecular complexity index is 2330. The first-order valence-corrected chi connectivity index (χ1v) is 21.2. The number of anilines is 1. The fourth-order valence-electron chi connectivity index (χ4n) is 5.95. The van der Waals surface area contributed by atoms with Crippen LogP contribution in [0.2, 0.25) is 0 Å². The highest BCUT2D eigenvalue weighted by Crippen LogP contribution is 2.35. The van der Waals surface area contributed by atoms with E-state index in [0.717, 1.165) is 12.8 Å². The van der Waals surface area contributed by atoms with E-state index in [1.165, 1.54) is 75.6 Å². The van der Waals surface area contributed by atoms with Crippen LogP contribution in [-0.4, -0.2) is 90.6 Å². The van der Waals surface area contributed by atoms with Crippen molar-refractivity contribution in [1.29, 1.82) is 5.41 Å².